The molecule has 140 valence electrons. The van der Waals surface area contributed by atoms with E-state index in [4.69, 9.17) is 4.98 Å². The summed E-state index contributed by atoms with van der Waals surface area (Å²) < 4.78 is 2.31. The van der Waals surface area contributed by atoms with E-state index in [9.17, 15) is 0 Å². The molecule has 0 aliphatic heterocycles. The summed E-state index contributed by atoms with van der Waals surface area (Å²) in [5, 5.41) is 0. The van der Waals surface area contributed by atoms with Gasteiger partial charge in [0.2, 0.25) is 0 Å². The fourth-order valence-corrected chi connectivity index (χ4v) is 3.91. The third-order valence-electron chi connectivity index (χ3n) is 5.44. The molecule has 0 saturated carbocycles. The molecule has 2 nitrogen and oxygen atoms in total. The van der Waals surface area contributed by atoms with Gasteiger partial charge in [-0.2, -0.15) is 0 Å². The SMILES string of the molecule is Cc1ccccc1-c1ccc(Cn2c(-c3ccccc3)nc3ccccc32)cc1. The van der Waals surface area contributed by atoms with Crippen LogP contribution in [0.1, 0.15) is 11.1 Å². The largest absolute Gasteiger partial charge is 0.319 e. The number of benzene rings is 4. The lowest BCUT2D eigenvalue weighted by atomic mass is 9.99. The lowest BCUT2D eigenvalue weighted by molar-refractivity contribution is 0.834. The topological polar surface area (TPSA) is 17.8 Å². The van der Waals surface area contributed by atoms with Crippen LogP contribution in [-0.2, 0) is 6.54 Å². The zero-order chi connectivity index (χ0) is 19.6. The van der Waals surface area contributed by atoms with E-state index >= 15 is 0 Å². The number of para-hydroxylation sites is 2. The number of aromatic nitrogens is 2. The second-order valence-electron chi connectivity index (χ2n) is 7.39. The number of fused-ring (bicyclic) bond motifs is 1. The smallest absolute Gasteiger partial charge is 0.141 e. The quantitative estimate of drug-likeness (QED) is 0.341. The van der Waals surface area contributed by atoms with Crippen molar-refractivity contribution in [3.8, 4) is 22.5 Å². The molecule has 0 fully saturated rings. The first-order valence-corrected chi connectivity index (χ1v) is 9.95. The first-order chi connectivity index (χ1) is 14.3. The van der Waals surface area contributed by atoms with Crippen molar-refractivity contribution in [3.05, 3.63) is 114 Å². The van der Waals surface area contributed by atoms with E-state index in [0.717, 1.165) is 29.0 Å². The van der Waals surface area contributed by atoms with Gasteiger partial charge in [0.15, 0.2) is 0 Å². The Balaban J connectivity index is 1.54. The van der Waals surface area contributed by atoms with Crippen LogP contribution in [-0.4, -0.2) is 9.55 Å². The fraction of sp³-hybridized carbons (Fsp3) is 0.0741. The molecule has 0 aliphatic rings. The van der Waals surface area contributed by atoms with Crippen molar-refractivity contribution in [2.45, 2.75) is 13.5 Å². The standard InChI is InChI=1S/C27H22N2/c1-20-9-5-6-12-24(20)22-17-15-21(16-18-22)19-29-26-14-8-7-13-25(26)28-27(29)23-10-3-2-4-11-23/h2-18H,19H2,1H3. The van der Waals surface area contributed by atoms with Crippen LogP contribution in [0.15, 0.2) is 103 Å². The van der Waals surface area contributed by atoms with Crippen LogP contribution >= 0.6 is 0 Å². The van der Waals surface area contributed by atoms with Crippen LogP contribution in [0, 0.1) is 6.92 Å². The summed E-state index contributed by atoms with van der Waals surface area (Å²) in [6.07, 6.45) is 0. The molecule has 0 aliphatic carbocycles. The van der Waals surface area contributed by atoms with Crippen LogP contribution in [0.4, 0.5) is 0 Å². The lowest BCUT2D eigenvalue weighted by Crippen LogP contribution is -2.02. The van der Waals surface area contributed by atoms with E-state index < -0.39 is 0 Å². The molecule has 1 aromatic heterocycles. The molecule has 2 heteroatoms. The van der Waals surface area contributed by atoms with Crippen molar-refractivity contribution in [1.82, 2.24) is 9.55 Å². The van der Waals surface area contributed by atoms with E-state index in [2.05, 4.69) is 102 Å². The Morgan fingerprint density at radius 3 is 2.14 bits per heavy atom. The van der Waals surface area contributed by atoms with Gasteiger partial charge in [0, 0.05) is 12.1 Å². The summed E-state index contributed by atoms with van der Waals surface area (Å²) in [4.78, 5) is 4.92. The lowest BCUT2D eigenvalue weighted by Gasteiger charge is -2.11. The van der Waals surface area contributed by atoms with Gasteiger partial charge >= 0.3 is 0 Å². The van der Waals surface area contributed by atoms with Gasteiger partial charge in [0.25, 0.3) is 0 Å². The van der Waals surface area contributed by atoms with Gasteiger partial charge in [-0.3, -0.25) is 0 Å². The number of hydrogen-bond donors (Lipinski definition) is 0. The van der Waals surface area contributed by atoms with E-state index in [1.807, 2.05) is 12.1 Å². The zero-order valence-electron chi connectivity index (χ0n) is 16.4. The number of nitrogens with zero attached hydrogens (tertiary/aromatic N) is 2. The number of hydrogen-bond acceptors (Lipinski definition) is 1. The highest BCUT2D eigenvalue weighted by molar-refractivity contribution is 5.80. The molecule has 0 atom stereocenters. The summed E-state index contributed by atoms with van der Waals surface area (Å²) in [6.45, 7) is 2.95. The fourth-order valence-electron chi connectivity index (χ4n) is 3.91. The van der Waals surface area contributed by atoms with Crippen molar-refractivity contribution in [2.24, 2.45) is 0 Å². The Labute approximate surface area is 171 Å². The van der Waals surface area contributed by atoms with Crippen molar-refractivity contribution in [1.29, 1.82) is 0 Å². The molecular formula is C27H22N2. The van der Waals surface area contributed by atoms with Gasteiger partial charge in [-0.15, -0.1) is 0 Å². The van der Waals surface area contributed by atoms with E-state index in [-0.39, 0.29) is 0 Å². The number of rotatable bonds is 4. The van der Waals surface area contributed by atoms with Gasteiger partial charge in [0.05, 0.1) is 11.0 Å². The van der Waals surface area contributed by atoms with E-state index in [1.165, 1.54) is 22.3 Å². The molecule has 29 heavy (non-hydrogen) atoms. The molecule has 1 heterocycles. The Morgan fingerprint density at radius 1 is 0.655 bits per heavy atom. The van der Waals surface area contributed by atoms with Gasteiger partial charge in [-0.25, -0.2) is 4.98 Å². The monoisotopic (exact) mass is 374 g/mol. The molecule has 5 aromatic rings. The third-order valence-corrected chi connectivity index (χ3v) is 5.44. The molecule has 0 N–H and O–H groups in total. The highest BCUT2D eigenvalue weighted by Gasteiger charge is 2.12. The highest BCUT2D eigenvalue weighted by Crippen LogP contribution is 2.27. The Morgan fingerprint density at radius 2 is 1.34 bits per heavy atom. The Bertz CT molecular complexity index is 1270. The zero-order valence-corrected chi connectivity index (χ0v) is 16.4. The van der Waals surface area contributed by atoms with Gasteiger partial charge in [0.1, 0.15) is 5.82 Å². The third kappa shape index (κ3) is 3.34. The molecule has 0 spiro atoms. The molecule has 5 rings (SSSR count). The van der Waals surface area contributed by atoms with Crippen LogP contribution in [0.3, 0.4) is 0 Å². The van der Waals surface area contributed by atoms with Crippen molar-refractivity contribution < 1.29 is 0 Å². The minimum absolute atomic E-state index is 0.790. The first kappa shape index (κ1) is 17.4. The summed E-state index contributed by atoms with van der Waals surface area (Å²) in [5.41, 5.74) is 8.44. The second-order valence-corrected chi connectivity index (χ2v) is 7.39. The van der Waals surface area contributed by atoms with Gasteiger partial charge in [-0.1, -0.05) is 91.0 Å². The van der Waals surface area contributed by atoms with Crippen LogP contribution in [0.5, 0.6) is 0 Å². The maximum absolute atomic E-state index is 4.92. The maximum Gasteiger partial charge on any atom is 0.141 e. The predicted molar refractivity (Wildman–Crippen MR) is 121 cm³/mol. The maximum atomic E-state index is 4.92. The van der Waals surface area contributed by atoms with Crippen LogP contribution in [0.25, 0.3) is 33.5 Å². The average molecular weight is 374 g/mol. The van der Waals surface area contributed by atoms with Crippen molar-refractivity contribution in [3.63, 3.8) is 0 Å². The molecule has 0 saturated heterocycles. The second kappa shape index (κ2) is 7.40. The molecular weight excluding hydrogens is 352 g/mol. The first-order valence-electron chi connectivity index (χ1n) is 9.95. The van der Waals surface area contributed by atoms with E-state index in [1.54, 1.807) is 0 Å². The van der Waals surface area contributed by atoms with Crippen LogP contribution in [0.2, 0.25) is 0 Å². The Kier molecular flexibility index (Phi) is 4.45. The molecule has 0 radical (unpaired) electrons. The molecule has 0 bridgehead atoms. The van der Waals surface area contributed by atoms with Crippen molar-refractivity contribution >= 4 is 11.0 Å². The average Bonchev–Trinajstić information content (AvgIpc) is 3.14. The minimum atomic E-state index is 0.790. The predicted octanol–water partition coefficient (Wildman–Crippen LogP) is 6.73. The number of aryl methyl sites for hydroxylation is 1. The summed E-state index contributed by atoms with van der Waals surface area (Å²) in [5.74, 6) is 1.01. The van der Waals surface area contributed by atoms with E-state index in [0.29, 0.717) is 0 Å². The van der Waals surface area contributed by atoms with Gasteiger partial charge in [-0.05, 0) is 41.3 Å². The highest BCUT2D eigenvalue weighted by atomic mass is 15.1. The number of imidazole rings is 1. The van der Waals surface area contributed by atoms with Crippen LogP contribution < -0.4 is 0 Å². The minimum Gasteiger partial charge on any atom is -0.319 e. The molecule has 0 amide bonds. The summed E-state index contributed by atoms with van der Waals surface area (Å²) in [6, 6.07) is 36.2. The van der Waals surface area contributed by atoms with Gasteiger partial charge < -0.3 is 4.57 Å². The molecule has 0 unspecified atom stereocenters. The molecule has 4 aromatic carbocycles. The van der Waals surface area contributed by atoms with Crippen molar-refractivity contribution in [2.75, 3.05) is 0 Å². The Hall–Kier alpha value is -3.65. The summed E-state index contributed by atoms with van der Waals surface area (Å²) >= 11 is 0. The normalized spacial score (nSPS) is 11.1. The summed E-state index contributed by atoms with van der Waals surface area (Å²) in [7, 11) is 0.